The predicted molar refractivity (Wildman–Crippen MR) is 144 cm³/mol. The van der Waals surface area contributed by atoms with Gasteiger partial charge in [-0.15, -0.1) is 0 Å². The lowest BCUT2D eigenvalue weighted by Gasteiger charge is -2.45. The summed E-state index contributed by atoms with van der Waals surface area (Å²) in [6, 6.07) is 24.9. The van der Waals surface area contributed by atoms with Gasteiger partial charge >= 0.3 is 6.03 Å². The van der Waals surface area contributed by atoms with Gasteiger partial charge in [0.1, 0.15) is 0 Å². The number of ether oxygens (including phenoxy) is 2. The summed E-state index contributed by atoms with van der Waals surface area (Å²) in [5.41, 5.74) is 4.45. The minimum Gasteiger partial charge on any atom is -0.493 e. The van der Waals surface area contributed by atoms with Gasteiger partial charge in [-0.25, -0.2) is 4.79 Å². The van der Waals surface area contributed by atoms with Crippen molar-refractivity contribution in [2.45, 2.75) is 43.2 Å². The van der Waals surface area contributed by atoms with Crippen LogP contribution in [-0.4, -0.2) is 50.8 Å². The zero-order valence-electron chi connectivity index (χ0n) is 21.3. The predicted octanol–water partition coefficient (Wildman–Crippen LogP) is 5.69. The molecule has 1 saturated heterocycles. The highest BCUT2D eigenvalue weighted by molar-refractivity contribution is 5.89. The molecule has 1 aliphatic heterocycles. The number of hydrogen-bond donors (Lipinski definition) is 2. The molecule has 0 aromatic heterocycles. The fourth-order valence-corrected chi connectivity index (χ4v) is 6.12. The number of rotatable bonds is 6. The average molecular weight is 486 g/mol. The van der Waals surface area contributed by atoms with E-state index in [0.717, 1.165) is 60.5 Å². The average Bonchev–Trinajstić information content (AvgIpc) is 3.26. The Kier molecular flexibility index (Phi) is 6.88. The Morgan fingerprint density at radius 2 is 1.64 bits per heavy atom. The Hall–Kier alpha value is -3.51. The van der Waals surface area contributed by atoms with Gasteiger partial charge in [0, 0.05) is 23.2 Å². The van der Waals surface area contributed by atoms with Crippen LogP contribution in [0.1, 0.15) is 31.2 Å². The molecule has 36 heavy (non-hydrogen) atoms. The molecule has 5 rings (SSSR count). The van der Waals surface area contributed by atoms with Crippen molar-refractivity contribution in [2.24, 2.45) is 0 Å². The van der Waals surface area contributed by atoms with Gasteiger partial charge in [-0.2, -0.15) is 0 Å². The Bertz CT molecular complexity index is 1200. The highest BCUT2D eigenvalue weighted by Crippen LogP contribution is 2.49. The topological polar surface area (TPSA) is 62.8 Å². The third kappa shape index (κ3) is 4.65. The summed E-state index contributed by atoms with van der Waals surface area (Å²) < 4.78 is 11.1. The van der Waals surface area contributed by atoms with Crippen LogP contribution in [0.4, 0.5) is 10.5 Å². The maximum absolute atomic E-state index is 12.8. The van der Waals surface area contributed by atoms with Crippen LogP contribution in [0.2, 0.25) is 0 Å². The molecule has 1 aliphatic carbocycles. The summed E-state index contributed by atoms with van der Waals surface area (Å²) in [5.74, 6) is 1.53. The van der Waals surface area contributed by atoms with Crippen molar-refractivity contribution in [3.8, 4) is 22.6 Å². The Balaban J connectivity index is 1.24. The van der Waals surface area contributed by atoms with Crippen LogP contribution in [0.25, 0.3) is 11.1 Å². The van der Waals surface area contributed by atoms with E-state index < -0.39 is 0 Å². The molecule has 0 spiro atoms. The quantitative estimate of drug-likeness (QED) is 0.471. The Labute approximate surface area is 213 Å². The first kappa shape index (κ1) is 24.2. The van der Waals surface area contributed by atoms with Crippen molar-refractivity contribution >= 4 is 11.7 Å². The molecular weight excluding hydrogens is 450 g/mol. The standard InChI is InChI=1S/C30H35N3O3/c1-33-18-17-30(23-11-14-26(35-2)27(19-23)36-3)16-15-25(20-28(30)33)32-29(34)31-24-12-9-22(10-13-24)21-7-5-4-6-8-21/h4-14,19,25,28H,15-18,20H2,1-3H3,(H2,31,32,34)/t25-,28+,30-/m0/s1. The maximum atomic E-state index is 12.8. The monoisotopic (exact) mass is 485 g/mol. The van der Waals surface area contributed by atoms with Crippen molar-refractivity contribution in [2.75, 3.05) is 33.1 Å². The molecule has 2 amide bonds. The zero-order chi connectivity index (χ0) is 25.1. The number of nitrogens with one attached hydrogen (secondary N) is 2. The van der Waals surface area contributed by atoms with Gasteiger partial charge in [-0.05, 0) is 80.2 Å². The molecule has 1 saturated carbocycles. The number of likely N-dealkylation sites (N-methyl/N-ethyl adjacent to an activating group) is 1. The number of carbonyl (C=O) groups is 1. The molecule has 188 valence electrons. The molecule has 6 nitrogen and oxygen atoms in total. The third-order valence-corrected chi connectivity index (χ3v) is 8.07. The van der Waals surface area contributed by atoms with Gasteiger partial charge in [-0.3, -0.25) is 0 Å². The second kappa shape index (κ2) is 10.2. The van der Waals surface area contributed by atoms with Crippen LogP contribution in [0.3, 0.4) is 0 Å². The molecule has 2 fully saturated rings. The van der Waals surface area contributed by atoms with Crippen LogP contribution in [0.5, 0.6) is 11.5 Å². The molecule has 0 bridgehead atoms. The number of benzene rings is 3. The van der Waals surface area contributed by atoms with Crippen LogP contribution in [0, 0.1) is 0 Å². The number of nitrogens with zero attached hydrogens (tertiary/aromatic N) is 1. The number of carbonyl (C=O) groups excluding carboxylic acids is 1. The maximum Gasteiger partial charge on any atom is 0.319 e. The second-order valence-electron chi connectivity index (χ2n) is 9.99. The van der Waals surface area contributed by atoms with E-state index in [0.29, 0.717) is 6.04 Å². The summed E-state index contributed by atoms with van der Waals surface area (Å²) in [5, 5.41) is 6.25. The van der Waals surface area contributed by atoms with E-state index in [1.54, 1.807) is 14.2 Å². The lowest BCUT2D eigenvalue weighted by Crippen LogP contribution is -2.52. The smallest absolute Gasteiger partial charge is 0.319 e. The molecule has 0 radical (unpaired) electrons. The van der Waals surface area contributed by atoms with E-state index in [1.807, 2.05) is 48.5 Å². The summed E-state index contributed by atoms with van der Waals surface area (Å²) in [4.78, 5) is 15.3. The summed E-state index contributed by atoms with van der Waals surface area (Å²) >= 11 is 0. The molecule has 2 aliphatic rings. The second-order valence-corrected chi connectivity index (χ2v) is 9.99. The highest BCUT2D eigenvalue weighted by atomic mass is 16.5. The first-order chi connectivity index (χ1) is 17.5. The molecule has 6 heteroatoms. The van der Waals surface area contributed by atoms with Gasteiger partial charge in [0.05, 0.1) is 14.2 Å². The van der Waals surface area contributed by atoms with Crippen molar-refractivity contribution in [3.05, 3.63) is 78.4 Å². The van der Waals surface area contributed by atoms with Crippen molar-refractivity contribution in [1.82, 2.24) is 10.2 Å². The van der Waals surface area contributed by atoms with Crippen molar-refractivity contribution in [1.29, 1.82) is 0 Å². The molecule has 3 atom stereocenters. The fraction of sp³-hybridized carbons (Fsp3) is 0.367. The number of fused-ring (bicyclic) bond motifs is 1. The lowest BCUT2D eigenvalue weighted by molar-refractivity contribution is 0.156. The number of likely N-dealkylation sites (tertiary alicyclic amines) is 1. The zero-order valence-corrected chi connectivity index (χ0v) is 21.3. The number of urea groups is 1. The molecule has 3 aromatic rings. The first-order valence-electron chi connectivity index (χ1n) is 12.7. The minimum absolute atomic E-state index is 0.0657. The summed E-state index contributed by atoms with van der Waals surface area (Å²) in [6.45, 7) is 1.05. The highest BCUT2D eigenvalue weighted by Gasteiger charge is 2.50. The van der Waals surface area contributed by atoms with Gasteiger partial charge in [-0.1, -0.05) is 48.5 Å². The van der Waals surface area contributed by atoms with Gasteiger partial charge < -0.3 is 25.0 Å². The van der Waals surface area contributed by atoms with Gasteiger partial charge in [0.25, 0.3) is 0 Å². The summed E-state index contributed by atoms with van der Waals surface area (Å²) in [7, 11) is 5.55. The van der Waals surface area contributed by atoms with E-state index in [9.17, 15) is 4.79 Å². The third-order valence-electron chi connectivity index (χ3n) is 8.07. The van der Waals surface area contributed by atoms with E-state index >= 15 is 0 Å². The molecule has 1 heterocycles. The van der Waals surface area contributed by atoms with Crippen LogP contribution >= 0.6 is 0 Å². The van der Waals surface area contributed by atoms with E-state index in [1.165, 1.54) is 5.56 Å². The lowest BCUT2D eigenvalue weighted by atomic mass is 9.65. The largest absolute Gasteiger partial charge is 0.493 e. The molecular formula is C30H35N3O3. The van der Waals surface area contributed by atoms with Gasteiger partial charge in [0.15, 0.2) is 11.5 Å². The van der Waals surface area contributed by atoms with Crippen LogP contribution in [-0.2, 0) is 5.41 Å². The normalized spacial score (nSPS) is 23.5. The van der Waals surface area contributed by atoms with E-state index in [-0.39, 0.29) is 17.5 Å². The minimum atomic E-state index is -0.147. The Morgan fingerprint density at radius 1 is 0.917 bits per heavy atom. The SMILES string of the molecule is COc1ccc([C@@]23CC[C@H](NC(=O)Nc4ccc(-c5ccccc5)cc4)C[C@H]2N(C)CC3)cc1OC. The summed E-state index contributed by atoms with van der Waals surface area (Å²) in [6.07, 6.45) is 3.99. The van der Waals surface area contributed by atoms with Crippen LogP contribution < -0.4 is 20.1 Å². The molecule has 2 N–H and O–H groups in total. The van der Waals surface area contributed by atoms with E-state index in [2.05, 4.69) is 46.8 Å². The molecule has 3 aromatic carbocycles. The number of amides is 2. The van der Waals surface area contributed by atoms with Crippen molar-refractivity contribution < 1.29 is 14.3 Å². The molecule has 0 unspecified atom stereocenters. The van der Waals surface area contributed by atoms with Crippen LogP contribution in [0.15, 0.2) is 72.8 Å². The fourth-order valence-electron chi connectivity index (χ4n) is 6.12. The first-order valence-corrected chi connectivity index (χ1v) is 12.7. The van der Waals surface area contributed by atoms with Crippen molar-refractivity contribution in [3.63, 3.8) is 0 Å². The number of hydrogen-bond acceptors (Lipinski definition) is 4. The van der Waals surface area contributed by atoms with E-state index in [4.69, 9.17) is 9.47 Å². The Morgan fingerprint density at radius 3 is 2.36 bits per heavy atom. The van der Waals surface area contributed by atoms with Gasteiger partial charge in [0.2, 0.25) is 0 Å². The number of methoxy groups -OCH3 is 2. The number of anilines is 1.